The fourth-order valence-corrected chi connectivity index (χ4v) is 5.48. The largest absolute Gasteiger partial charge is 0.481 e. The summed E-state index contributed by atoms with van der Waals surface area (Å²) in [6, 6.07) is 16.4. The third kappa shape index (κ3) is 5.91. The second kappa shape index (κ2) is 11.4. The van der Waals surface area contributed by atoms with Crippen LogP contribution in [0.3, 0.4) is 0 Å². The second-order valence-corrected chi connectivity index (χ2v) is 9.87. The van der Waals surface area contributed by atoms with Crippen LogP contribution < -0.4 is 10.6 Å². The van der Waals surface area contributed by atoms with Crippen LogP contribution in [-0.4, -0.2) is 53.8 Å². The SMILES string of the molecule is O=C(O)CSCCNC(=O)C1CCCC(NC(=O)OCC2c3ccccc3-c3ccccc32)C1. The van der Waals surface area contributed by atoms with Gasteiger partial charge in [-0.25, -0.2) is 4.79 Å². The maximum Gasteiger partial charge on any atom is 0.407 e. The Morgan fingerprint density at radius 1 is 1.00 bits per heavy atom. The molecule has 2 unspecified atom stereocenters. The van der Waals surface area contributed by atoms with Gasteiger partial charge in [0.25, 0.3) is 0 Å². The van der Waals surface area contributed by atoms with E-state index in [1.165, 1.54) is 34.0 Å². The molecular weight excluding hydrogens is 452 g/mol. The third-order valence-corrected chi connectivity index (χ3v) is 7.43. The van der Waals surface area contributed by atoms with Crippen molar-refractivity contribution in [3.05, 3.63) is 59.7 Å². The molecule has 0 aromatic heterocycles. The first-order chi connectivity index (χ1) is 16.5. The number of alkyl carbamates (subject to hydrolysis) is 1. The summed E-state index contributed by atoms with van der Waals surface area (Å²) < 4.78 is 5.65. The number of thioether (sulfide) groups is 1. The molecule has 4 rings (SSSR count). The Morgan fingerprint density at radius 3 is 2.35 bits per heavy atom. The van der Waals surface area contributed by atoms with E-state index in [4.69, 9.17) is 9.84 Å². The van der Waals surface area contributed by atoms with E-state index in [0.717, 1.165) is 19.3 Å². The van der Waals surface area contributed by atoms with Crippen molar-refractivity contribution in [3.63, 3.8) is 0 Å². The average Bonchev–Trinajstić information content (AvgIpc) is 3.16. The number of fused-ring (bicyclic) bond motifs is 3. The highest BCUT2D eigenvalue weighted by molar-refractivity contribution is 7.99. The third-order valence-electron chi connectivity index (χ3n) is 6.48. The Balaban J connectivity index is 1.24. The number of hydrogen-bond acceptors (Lipinski definition) is 5. The van der Waals surface area contributed by atoms with Gasteiger partial charge < -0.3 is 20.5 Å². The van der Waals surface area contributed by atoms with Gasteiger partial charge in [-0.05, 0) is 41.5 Å². The first-order valence-electron chi connectivity index (χ1n) is 11.7. The van der Waals surface area contributed by atoms with E-state index in [1.807, 2.05) is 24.3 Å². The maximum absolute atomic E-state index is 12.6. The Labute approximate surface area is 203 Å². The smallest absolute Gasteiger partial charge is 0.407 e. The van der Waals surface area contributed by atoms with Gasteiger partial charge in [-0.1, -0.05) is 55.0 Å². The zero-order valence-electron chi connectivity index (χ0n) is 19.0. The number of carboxylic acid groups (broad SMARTS) is 1. The molecule has 34 heavy (non-hydrogen) atoms. The van der Waals surface area contributed by atoms with E-state index in [1.54, 1.807) is 0 Å². The van der Waals surface area contributed by atoms with Crippen molar-refractivity contribution in [2.75, 3.05) is 24.7 Å². The molecule has 0 heterocycles. The minimum Gasteiger partial charge on any atom is -0.481 e. The second-order valence-electron chi connectivity index (χ2n) is 8.77. The van der Waals surface area contributed by atoms with Crippen molar-refractivity contribution in [3.8, 4) is 11.1 Å². The molecule has 0 aliphatic heterocycles. The predicted octanol–water partition coefficient (Wildman–Crippen LogP) is 4.02. The van der Waals surface area contributed by atoms with Crippen LogP contribution in [0.25, 0.3) is 11.1 Å². The molecule has 0 radical (unpaired) electrons. The van der Waals surface area contributed by atoms with Crippen molar-refractivity contribution in [1.82, 2.24) is 10.6 Å². The number of rotatable bonds is 9. The summed E-state index contributed by atoms with van der Waals surface area (Å²) in [5, 5.41) is 14.5. The number of carbonyl (C=O) groups excluding carboxylic acids is 2. The lowest BCUT2D eigenvalue weighted by atomic mass is 9.85. The first-order valence-corrected chi connectivity index (χ1v) is 12.9. The first kappa shape index (κ1) is 24.1. The molecule has 180 valence electrons. The summed E-state index contributed by atoms with van der Waals surface area (Å²) in [5.74, 6) is -0.433. The highest BCUT2D eigenvalue weighted by Gasteiger charge is 2.31. The number of ether oxygens (including phenoxy) is 1. The van der Waals surface area contributed by atoms with Gasteiger partial charge in [-0.15, -0.1) is 11.8 Å². The average molecular weight is 483 g/mol. The van der Waals surface area contributed by atoms with Gasteiger partial charge in [0.05, 0.1) is 5.75 Å². The fourth-order valence-electron chi connectivity index (χ4n) is 4.92. The molecule has 1 saturated carbocycles. The van der Waals surface area contributed by atoms with Crippen LogP contribution in [0.5, 0.6) is 0 Å². The van der Waals surface area contributed by atoms with Gasteiger partial charge in [0, 0.05) is 30.2 Å². The van der Waals surface area contributed by atoms with Gasteiger partial charge in [0.15, 0.2) is 0 Å². The number of carboxylic acids is 1. The van der Waals surface area contributed by atoms with E-state index >= 15 is 0 Å². The zero-order valence-corrected chi connectivity index (χ0v) is 19.8. The van der Waals surface area contributed by atoms with Crippen LogP contribution in [0.2, 0.25) is 0 Å². The normalized spacial score (nSPS) is 19.1. The number of hydrogen-bond donors (Lipinski definition) is 3. The molecule has 8 heteroatoms. The summed E-state index contributed by atoms with van der Waals surface area (Å²) in [4.78, 5) is 35.6. The molecule has 2 aliphatic rings. The van der Waals surface area contributed by atoms with Crippen molar-refractivity contribution in [2.45, 2.75) is 37.6 Å². The Morgan fingerprint density at radius 2 is 1.68 bits per heavy atom. The summed E-state index contributed by atoms with van der Waals surface area (Å²) in [5.41, 5.74) is 4.73. The minimum absolute atomic E-state index is 0.0158. The van der Waals surface area contributed by atoms with Gasteiger partial charge in [0.2, 0.25) is 5.91 Å². The van der Waals surface area contributed by atoms with E-state index in [2.05, 4.69) is 34.9 Å². The Hall–Kier alpha value is -3.00. The van der Waals surface area contributed by atoms with E-state index in [-0.39, 0.29) is 36.1 Å². The highest BCUT2D eigenvalue weighted by atomic mass is 32.2. The minimum atomic E-state index is -0.856. The van der Waals surface area contributed by atoms with Gasteiger partial charge in [0.1, 0.15) is 6.61 Å². The lowest BCUT2D eigenvalue weighted by Crippen LogP contribution is -2.43. The molecule has 2 aliphatic carbocycles. The van der Waals surface area contributed by atoms with Crippen LogP contribution in [-0.2, 0) is 14.3 Å². The lowest BCUT2D eigenvalue weighted by Gasteiger charge is -2.29. The van der Waals surface area contributed by atoms with Gasteiger partial charge in [-0.3, -0.25) is 9.59 Å². The quantitative estimate of drug-likeness (QED) is 0.467. The topological polar surface area (TPSA) is 105 Å². The van der Waals surface area contributed by atoms with Crippen LogP contribution in [0.4, 0.5) is 4.79 Å². The molecular formula is C26H30N2O5S. The molecule has 0 bridgehead atoms. The summed E-state index contributed by atoms with van der Waals surface area (Å²) >= 11 is 1.28. The summed E-state index contributed by atoms with van der Waals surface area (Å²) in [6.07, 6.45) is 2.61. The van der Waals surface area contributed by atoms with Gasteiger partial charge in [-0.2, -0.15) is 0 Å². The Kier molecular flexibility index (Phi) is 8.11. The molecule has 2 aromatic carbocycles. The number of benzene rings is 2. The molecule has 2 aromatic rings. The number of amides is 2. The van der Waals surface area contributed by atoms with Gasteiger partial charge >= 0.3 is 12.1 Å². The molecule has 1 fully saturated rings. The van der Waals surface area contributed by atoms with Crippen LogP contribution in [0, 0.1) is 5.92 Å². The summed E-state index contributed by atoms with van der Waals surface area (Å²) in [7, 11) is 0. The van der Waals surface area contributed by atoms with Crippen LogP contribution in [0.1, 0.15) is 42.7 Å². The number of aliphatic carboxylic acids is 1. The van der Waals surface area contributed by atoms with Crippen molar-refractivity contribution in [1.29, 1.82) is 0 Å². The van der Waals surface area contributed by atoms with E-state index in [0.29, 0.717) is 18.7 Å². The molecule has 2 atom stereocenters. The van der Waals surface area contributed by atoms with Crippen LogP contribution in [0.15, 0.2) is 48.5 Å². The zero-order chi connectivity index (χ0) is 23.9. The Bertz CT molecular complexity index is 998. The molecule has 3 N–H and O–H groups in total. The monoisotopic (exact) mass is 482 g/mol. The molecule has 0 spiro atoms. The van der Waals surface area contributed by atoms with Crippen molar-refractivity contribution in [2.24, 2.45) is 5.92 Å². The summed E-state index contributed by atoms with van der Waals surface area (Å²) in [6.45, 7) is 0.711. The highest BCUT2D eigenvalue weighted by Crippen LogP contribution is 2.44. The standard InChI is InChI=1S/C26H30N2O5S/c29-24(30)16-34-13-12-27-25(31)17-6-5-7-18(14-17)28-26(32)33-15-23-21-10-3-1-8-19(21)20-9-2-4-11-22(20)23/h1-4,8-11,17-18,23H,5-7,12-16H2,(H,27,31)(H,28,32)(H,29,30). The van der Waals surface area contributed by atoms with E-state index < -0.39 is 12.1 Å². The molecule has 2 amide bonds. The van der Waals surface area contributed by atoms with Crippen molar-refractivity contribution >= 4 is 29.7 Å². The molecule has 0 saturated heterocycles. The lowest BCUT2D eigenvalue weighted by molar-refractivity contribution is -0.134. The fraction of sp³-hybridized carbons (Fsp3) is 0.423. The number of carbonyl (C=O) groups is 3. The van der Waals surface area contributed by atoms with E-state index in [9.17, 15) is 14.4 Å². The molecule has 7 nitrogen and oxygen atoms in total. The van der Waals surface area contributed by atoms with Crippen molar-refractivity contribution < 1.29 is 24.2 Å². The van der Waals surface area contributed by atoms with Crippen LogP contribution >= 0.6 is 11.8 Å². The number of nitrogens with one attached hydrogen (secondary N) is 2. The predicted molar refractivity (Wildman–Crippen MR) is 132 cm³/mol. The maximum atomic E-state index is 12.6.